The first-order valence-corrected chi connectivity index (χ1v) is 14.2. The number of alkyl halides is 2. The second-order valence-electron chi connectivity index (χ2n) is 9.59. The lowest BCUT2D eigenvalue weighted by molar-refractivity contribution is -0.159. The zero-order chi connectivity index (χ0) is 28.7. The molecule has 1 aliphatic rings. The summed E-state index contributed by atoms with van der Waals surface area (Å²) in [5.41, 5.74) is 3.90. The monoisotopic (exact) mass is 608 g/mol. The molecule has 0 saturated carbocycles. The van der Waals surface area contributed by atoms with Crippen LogP contribution in [0.5, 0.6) is 0 Å². The number of hydrogen-bond acceptors (Lipinski definition) is 5. The summed E-state index contributed by atoms with van der Waals surface area (Å²) < 4.78 is 30.8. The first-order valence-electron chi connectivity index (χ1n) is 12.5. The molecule has 0 unspecified atom stereocenters. The Balaban J connectivity index is 1.52. The van der Waals surface area contributed by atoms with Crippen LogP contribution in [0.2, 0.25) is 10.0 Å². The van der Waals surface area contributed by atoms with Crippen molar-refractivity contribution < 1.29 is 13.6 Å². The van der Waals surface area contributed by atoms with Crippen molar-refractivity contribution in [3.05, 3.63) is 121 Å². The van der Waals surface area contributed by atoms with Crippen LogP contribution in [0.1, 0.15) is 29.3 Å². The van der Waals surface area contributed by atoms with Gasteiger partial charge < -0.3 is 4.98 Å². The SMILES string of the molecule is O=C(N1N=C(c2c(-c3ccc(Cl)cc3)c3ccccc3[nH]c2=O)C[C@H]1c1ccc(Cl)cc1)C(F)(F)Cc1cscn1. The molecule has 0 fully saturated rings. The number of aromatic amines is 1. The summed E-state index contributed by atoms with van der Waals surface area (Å²) in [4.78, 5) is 33.8. The third-order valence-electron chi connectivity index (χ3n) is 6.92. The maximum atomic E-state index is 15.4. The molecular formula is C30H20Cl2F2N4O2S. The Morgan fingerprint density at radius 1 is 1.00 bits per heavy atom. The minimum Gasteiger partial charge on any atom is -0.321 e. The molecule has 6 nitrogen and oxygen atoms in total. The van der Waals surface area contributed by atoms with E-state index in [4.69, 9.17) is 23.2 Å². The fourth-order valence-corrected chi connectivity index (χ4v) is 5.83. The zero-order valence-corrected chi connectivity index (χ0v) is 23.5. The number of halogens is 4. The molecule has 1 aliphatic heterocycles. The van der Waals surface area contributed by atoms with Gasteiger partial charge in [-0.1, -0.05) is 65.7 Å². The summed E-state index contributed by atoms with van der Waals surface area (Å²) in [7, 11) is 0. The molecule has 0 radical (unpaired) electrons. The number of nitrogens with one attached hydrogen (secondary N) is 1. The number of rotatable bonds is 6. The molecule has 3 aromatic carbocycles. The molecule has 6 rings (SSSR count). The van der Waals surface area contributed by atoms with Crippen LogP contribution in [0.25, 0.3) is 22.0 Å². The summed E-state index contributed by atoms with van der Waals surface area (Å²) in [6.07, 6.45) is -0.835. The highest BCUT2D eigenvalue weighted by atomic mass is 35.5. The third-order valence-corrected chi connectivity index (χ3v) is 8.06. The van der Waals surface area contributed by atoms with Crippen molar-refractivity contribution in [2.24, 2.45) is 5.10 Å². The molecule has 41 heavy (non-hydrogen) atoms. The van der Waals surface area contributed by atoms with Gasteiger partial charge in [-0.25, -0.2) is 9.99 Å². The molecule has 11 heteroatoms. The number of thiazole rings is 1. The first kappa shape index (κ1) is 27.3. The normalized spacial score (nSPS) is 15.4. The lowest BCUT2D eigenvalue weighted by Gasteiger charge is -2.26. The standard InChI is InChI=1S/C30H20Cl2F2N4O2S/c31-19-9-5-17(6-10-19)25-13-24(37-38(25)29(40)30(33,34)14-21-15-41-16-35-21)27-26(18-7-11-20(32)12-8-18)22-3-1-2-4-23(22)36-28(27)39/h1-12,15-16,25H,13-14H2,(H,36,39)/t25-/m0/s1. The van der Waals surface area contributed by atoms with E-state index in [1.165, 1.54) is 22.2 Å². The fraction of sp³-hybridized carbons (Fsp3) is 0.133. The van der Waals surface area contributed by atoms with Crippen molar-refractivity contribution in [2.45, 2.75) is 24.8 Å². The lowest BCUT2D eigenvalue weighted by Crippen LogP contribution is -2.42. The van der Waals surface area contributed by atoms with E-state index in [1.807, 2.05) is 12.1 Å². The maximum absolute atomic E-state index is 15.4. The van der Waals surface area contributed by atoms with E-state index in [0.29, 0.717) is 32.3 Å². The smallest absolute Gasteiger partial charge is 0.321 e. The van der Waals surface area contributed by atoms with Crippen LogP contribution in [-0.4, -0.2) is 32.5 Å². The Bertz CT molecular complexity index is 1840. The summed E-state index contributed by atoms with van der Waals surface area (Å²) in [6, 6.07) is 19.9. The van der Waals surface area contributed by atoms with Gasteiger partial charge >= 0.3 is 11.8 Å². The number of aromatic nitrogens is 2. The molecule has 1 amide bonds. The lowest BCUT2D eigenvalue weighted by atomic mass is 9.91. The number of carbonyl (C=O) groups excluding carboxylic acids is 1. The third kappa shape index (κ3) is 5.28. The molecule has 5 aromatic rings. The van der Waals surface area contributed by atoms with Gasteiger partial charge in [-0.2, -0.15) is 13.9 Å². The van der Waals surface area contributed by atoms with Gasteiger partial charge in [0.15, 0.2) is 0 Å². The Hall–Kier alpha value is -3.92. The van der Waals surface area contributed by atoms with Gasteiger partial charge in [0.25, 0.3) is 5.56 Å². The van der Waals surface area contributed by atoms with Gasteiger partial charge in [0.2, 0.25) is 0 Å². The molecule has 0 spiro atoms. The zero-order valence-electron chi connectivity index (χ0n) is 21.2. The summed E-state index contributed by atoms with van der Waals surface area (Å²) >= 11 is 13.4. The van der Waals surface area contributed by atoms with Crippen molar-refractivity contribution in [2.75, 3.05) is 0 Å². The maximum Gasteiger partial charge on any atom is 0.332 e. The molecule has 206 valence electrons. The van der Waals surface area contributed by atoms with Gasteiger partial charge in [-0.05, 0) is 41.5 Å². The number of fused-ring (bicyclic) bond motifs is 1. The Labute approximate surface area is 246 Å². The summed E-state index contributed by atoms with van der Waals surface area (Å²) in [5.74, 6) is -5.27. The highest BCUT2D eigenvalue weighted by molar-refractivity contribution is 7.07. The quantitative estimate of drug-likeness (QED) is 0.216. The molecular weight excluding hydrogens is 589 g/mol. The first-order chi connectivity index (χ1) is 19.7. The van der Waals surface area contributed by atoms with Gasteiger partial charge in [0, 0.05) is 38.3 Å². The number of pyridine rings is 1. The van der Waals surface area contributed by atoms with Crippen LogP contribution in [0, 0.1) is 0 Å². The molecule has 3 heterocycles. The van der Waals surface area contributed by atoms with Crippen molar-refractivity contribution in [1.82, 2.24) is 15.0 Å². The number of para-hydroxylation sites is 1. The van der Waals surface area contributed by atoms with E-state index >= 15 is 8.78 Å². The van der Waals surface area contributed by atoms with Gasteiger partial charge in [0.05, 0.1) is 34.9 Å². The average molecular weight is 609 g/mol. The van der Waals surface area contributed by atoms with Crippen LogP contribution >= 0.6 is 34.5 Å². The molecule has 0 bridgehead atoms. The van der Waals surface area contributed by atoms with Gasteiger partial charge in [-0.15, -0.1) is 11.3 Å². The number of benzene rings is 3. The van der Waals surface area contributed by atoms with E-state index in [9.17, 15) is 9.59 Å². The average Bonchev–Trinajstić information content (AvgIpc) is 3.63. The largest absolute Gasteiger partial charge is 0.332 e. The Morgan fingerprint density at radius 2 is 1.68 bits per heavy atom. The molecule has 1 atom stereocenters. The van der Waals surface area contributed by atoms with Gasteiger partial charge in [0.1, 0.15) is 0 Å². The topological polar surface area (TPSA) is 78.4 Å². The van der Waals surface area contributed by atoms with E-state index in [2.05, 4.69) is 15.1 Å². The minimum absolute atomic E-state index is 0.0299. The van der Waals surface area contributed by atoms with E-state index in [1.54, 1.807) is 60.7 Å². The van der Waals surface area contributed by atoms with Crippen LogP contribution in [0.15, 0.2) is 93.6 Å². The summed E-state index contributed by atoms with van der Waals surface area (Å²) in [6.45, 7) is 0. The number of hydrazone groups is 1. The van der Waals surface area contributed by atoms with Gasteiger partial charge in [-0.3, -0.25) is 9.59 Å². The predicted octanol–water partition coefficient (Wildman–Crippen LogP) is 7.51. The minimum atomic E-state index is -3.79. The van der Waals surface area contributed by atoms with Crippen LogP contribution < -0.4 is 5.56 Å². The molecule has 0 saturated heterocycles. The Morgan fingerprint density at radius 3 is 2.37 bits per heavy atom. The summed E-state index contributed by atoms with van der Waals surface area (Å²) in [5, 5.41) is 8.40. The van der Waals surface area contributed by atoms with E-state index in [-0.39, 0.29) is 23.4 Å². The molecule has 0 aliphatic carbocycles. The van der Waals surface area contributed by atoms with E-state index < -0.39 is 29.9 Å². The van der Waals surface area contributed by atoms with Crippen LogP contribution in [0.4, 0.5) is 8.78 Å². The van der Waals surface area contributed by atoms with Crippen LogP contribution in [-0.2, 0) is 11.2 Å². The van der Waals surface area contributed by atoms with Crippen molar-refractivity contribution in [3.63, 3.8) is 0 Å². The number of amides is 1. The number of hydrogen-bond donors (Lipinski definition) is 1. The second-order valence-corrected chi connectivity index (χ2v) is 11.2. The number of nitrogens with zero attached hydrogens (tertiary/aromatic N) is 3. The highest BCUT2D eigenvalue weighted by Crippen LogP contribution is 2.39. The van der Waals surface area contributed by atoms with Crippen molar-refractivity contribution in [1.29, 1.82) is 0 Å². The fourth-order valence-electron chi connectivity index (χ4n) is 5.02. The second kappa shape index (κ2) is 10.8. The highest BCUT2D eigenvalue weighted by Gasteiger charge is 2.48. The number of H-pyrrole nitrogens is 1. The molecule has 1 N–H and O–H groups in total. The van der Waals surface area contributed by atoms with E-state index in [0.717, 1.165) is 10.4 Å². The Kier molecular flexibility index (Phi) is 7.19. The van der Waals surface area contributed by atoms with Crippen LogP contribution in [0.3, 0.4) is 0 Å². The van der Waals surface area contributed by atoms with Crippen molar-refractivity contribution in [3.8, 4) is 11.1 Å². The van der Waals surface area contributed by atoms with Crippen molar-refractivity contribution >= 4 is 57.1 Å². The predicted molar refractivity (Wildman–Crippen MR) is 158 cm³/mol. The molecule has 2 aromatic heterocycles. The number of carbonyl (C=O) groups is 1.